The second-order valence-corrected chi connectivity index (χ2v) is 8.02. The van der Waals surface area contributed by atoms with Crippen LogP contribution in [-0.4, -0.2) is 49.0 Å². The van der Waals surface area contributed by atoms with Gasteiger partial charge in [-0.05, 0) is 73.3 Å². The molecule has 0 aromatic heterocycles. The van der Waals surface area contributed by atoms with Gasteiger partial charge in [0, 0.05) is 19.7 Å². The predicted octanol–water partition coefficient (Wildman–Crippen LogP) is 3.72. The van der Waals surface area contributed by atoms with Crippen LogP contribution < -0.4 is 0 Å². The molecule has 1 aliphatic rings. The quantitative estimate of drug-likeness (QED) is 0.742. The lowest BCUT2D eigenvalue weighted by atomic mass is 9.95. The van der Waals surface area contributed by atoms with Crippen LogP contribution in [0.2, 0.25) is 0 Å². The second kappa shape index (κ2) is 7.77. The summed E-state index contributed by atoms with van der Waals surface area (Å²) >= 11 is 0. The minimum absolute atomic E-state index is 0.00506. The monoisotopic (exact) mass is 285 g/mol. The van der Waals surface area contributed by atoms with Crippen molar-refractivity contribution in [2.75, 3.05) is 32.8 Å². The van der Waals surface area contributed by atoms with Crippen LogP contribution in [0.4, 0.5) is 0 Å². The van der Waals surface area contributed by atoms with Gasteiger partial charge in [-0.3, -0.25) is 0 Å². The van der Waals surface area contributed by atoms with Gasteiger partial charge < -0.3 is 14.4 Å². The van der Waals surface area contributed by atoms with E-state index >= 15 is 0 Å². The predicted molar refractivity (Wildman–Crippen MR) is 85.2 cm³/mol. The van der Waals surface area contributed by atoms with E-state index < -0.39 is 0 Å². The van der Waals surface area contributed by atoms with E-state index in [1.54, 1.807) is 0 Å². The number of nitrogens with zero attached hydrogens (tertiary/aromatic N) is 1. The molecule has 0 saturated carbocycles. The molecule has 1 rings (SSSR count). The first kappa shape index (κ1) is 17.9. The summed E-state index contributed by atoms with van der Waals surface area (Å²) in [5, 5.41) is 0. The Morgan fingerprint density at radius 2 is 1.55 bits per heavy atom. The summed E-state index contributed by atoms with van der Waals surface area (Å²) in [5.41, 5.74) is -0.0232. The van der Waals surface area contributed by atoms with E-state index in [1.807, 2.05) is 0 Å². The van der Waals surface area contributed by atoms with Crippen molar-refractivity contribution in [2.45, 2.75) is 72.0 Å². The average molecular weight is 285 g/mol. The topological polar surface area (TPSA) is 21.7 Å². The molecule has 3 nitrogen and oxygen atoms in total. The minimum Gasteiger partial charge on any atom is -0.376 e. The van der Waals surface area contributed by atoms with Crippen LogP contribution in [0.5, 0.6) is 0 Å². The number of rotatable bonds is 6. The van der Waals surface area contributed by atoms with Gasteiger partial charge in [-0.1, -0.05) is 0 Å². The molecule has 0 amide bonds. The molecule has 120 valence electrons. The lowest BCUT2D eigenvalue weighted by Crippen LogP contribution is -2.39. The van der Waals surface area contributed by atoms with Gasteiger partial charge in [-0.15, -0.1) is 0 Å². The van der Waals surface area contributed by atoms with E-state index in [0.29, 0.717) is 0 Å². The van der Waals surface area contributed by atoms with Crippen molar-refractivity contribution in [3.05, 3.63) is 0 Å². The Bertz CT molecular complexity index is 239. The third-order valence-corrected chi connectivity index (χ3v) is 3.61. The molecule has 0 bridgehead atoms. The molecule has 0 aliphatic carbocycles. The number of piperidine rings is 1. The van der Waals surface area contributed by atoms with Gasteiger partial charge >= 0.3 is 0 Å². The van der Waals surface area contributed by atoms with Crippen LogP contribution in [-0.2, 0) is 9.47 Å². The van der Waals surface area contributed by atoms with Gasteiger partial charge in [0.25, 0.3) is 0 Å². The Labute approximate surface area is 126 Å². The summed E-state index contributed by atoms with van der Waals surface area (Å²) < 4.78 is 11.7. The lowest BCUT2D eigenvalue weighted by Gasteiger charge is -2.34. The first-order valence-corrected chi connectivity index (χ1v) is 8.16. The Morgan fingerprint density at radius 1 is 0.950 bits per heavy atom. The Kier molecular flexibility index (Phi) is 6.96. The molecule has 1 saturated heterocycles. The summed E-state index contributed by atoms with van der Waals surface area (Å²) in [6.07, 6.45) is 3.85. The lowest BCUT2D eigenvalue weighted by molar-refractivity contribution is -0.0244. The van der Waals surface area contributed by atoms with Crippen LogP contribution in [0, 0.1) is 5.92 Å². The van der Waals surface area contributed by atoms with Crippen LogP contribution in [0.1, 0.15) is 60.8 Å². The number of likely N-dealkylation sites (tertiary alicyclic amines) is 1. The first-order chi connectivity index (χ1) is 9.16. The van der Waals surface area contributed by atoms with Crippen LogP contribution in [0.3, 0.4) is 0 Å². The maximum absolute atomic E-state index is 5.85. The summed E-state index contributed by atoms with van der Waals surface area (Å²) in [6.45, 7) is 18.0. The van der Waals surface area contributed by atoms with E-state index in [1.165, 1.54) is 32.4 Å². The van der Waals surface area contributed by atoms with Crippen molar-refractivity contribution in [3.63, 3.8) is 0 Å². The highest BCUT2D eigenvalue weighted by Gasteiger charge is 2.21. The molecule has 0 spiro atoms. The summed E-state index contributed by atoms with van der Waals surface area (Å²) in [6, 6.07) is 0. The van der Waals surface area contributed by atoms with Crippen LogP contribution in [0.15, 0.2) is 0 Å². The molecule has 0 aromatic rings. The Balaban J connectivity index is 2.18. The number of hydrogen-bond donors (Lipinski definition) is 0. The van der Waals surface area contributed by atoms with Crippen molar-refractivity contribution >= 4 is 0 Å². The summed E-state index contributed by atoms with van der Waals surface area (Å²) in [4.78, 5) is 2.55. The highest BCUT2D eigenvalue weighted by atomic mass is 16.5. The molecule has 0 aromatic carbocycles. The van der Waals surface area contributed by atoms with Crippen molar-refractivity contribution < 1.29 is 9.47 Å². The Morgan fingerprint density at radius 3 is 2.15 bits per heavy atom. The van der Waals surface area contributed by atoms with E-state index in [0.717, 1.165) is 25.7 Å². The second-order valence-electron chi connectivity index (χ2n) is 8.02. The third kappa shape index (κ3) is 8.93. The van der Waals surface area contributed by atoms with Gasteiger partial charge in [-0.2, -0.15) is 0 Å². The molecule has 3 heteroatoms. The zero-order valence-corrected chi connectivity index (χ0v) is 14.5. The SMILES string of the molecule is CC(C)(C)OCC[C@H]1CCCN(CCOC(C)(C)C)C1. The molecule has 1 heterocycles. The van der Waals surface area contributed by atoms with Crippen molar-refractivity contribution in [1.29, 1.82) is 0 Å². The minimum atomic E-state index is -0.0181. The zero-order chi connectivity index (χ0) is 15.2. The van der Waals surface area contributed by atoms with Crippen molar-refractivity contribution in [2.24, 2.45) is 5.92 Å². The number of hydrogen-bond acceptors (Lipinski definition) is 3. The largest absolute Gasteiger partial charge is 0.376 e. The average Bonchev–Trinajstić information content (AvgIpc) is 2.26. The van der Waals surface area contributed by atoms with E-state index in [-0.39, 0.29) is 11.2 Å². The molecule has 0 N–H and O–H groups in total. The maximum Gasteiger partial charge on any atom is 0.0600 e. The molecule has 1 fully saturated rings. The van der Waals surface area contributed by atoms with Crippen LogP contribution in [0.25, 0.3) is 0 Å². The summed E-state index contributed by atoms with van der Waals surface area (Å²) in [5.74, 6) is 0.792. The maximum atomic E-state index is 5.85. The fourth-order valence-corrected chi connectivity index (χ4v) is 2.60. The molecule has 0 radical (unpaired) electrons. The normalized spacial score (nSPS) is 22.2. The summed E-state index contributed by atoms with van der Waals surface area (Å²) in [7, 11) is 0. The van der Waals surface area contributed by atoms with Gasteiger partial charge in [0.1, 0.15) is 0 Å². The Hall–Kier alpha value is -0.120. The highest BCUT2D eigenvalue weighted by Crippen LogP contribution is 2.20. The smallest absolute Gasteiger partial charge is 0.0600 e. The molecule has 1 atom stereocenters. The first-order valence-electron chi connectivity index (χ1n) is 8.16. The molecule has 1 aliphatic heterocycles. The number of ether oxygens (including phenoxy) is 2. The van der Waals surface area contributed by atoms with Gasteiger partial charge in [0.15, 0.2) is 0 Å². The van der Waals surface area contributed by atoms with Crippen LogP contribution >= 0.6 is 0 Å². The van der Waals surface area contributed by atoms with E-state index in [2.05, 4.69) is 46.4 Å². The zero-order valence-electron chi connectivity index (χ0n) is 14.5. The van der Waals surface area contributed by atoms with Crippen molar-refractivity contribution in [3.8, 4) is 0 Å². The van der Waals surface area contributed by atoms with E-state index in [9.17, 15) is 0 Å². The van der Waals surface area contributed by atoms with Gasteiger partial charge in [0.2, 0.25) is 0 Å². The third-order valence-electron chi connectivity index (χ3n) is 3.61. The molecule has 20 heavy (non-hydrogen) atoms. The molecular formula is C17H35NO2. The fraction of sp³-hybridized carbons (Fsp3) is 1.00. The molecule has 0 unspecified atom stereocenters. The standard InChI is InChI=1S/C17H35NO2/c1-16(2,3)19-12-9-15-8-7-10-18(14-15)11-13-20-17(4,5)6/h15H,7-14H2,1-6H3/t15-/m1/s1. The molecular weight excluding hydrogens is 250 g/mol. The fourth-order valence-electron chi connectivity index (χ4n) is 2.60. The van der Waals surface area contributed by atoms with Gasteiger partial charge in [0.05, 0.1) is 17.8 Å². The van der Waals surface area contributed by atoms with Crippen molar-refractivity contribution in [1.82, 2.24) is 4.90 Å². The van der Waals surface area contributed by atoms with E-state index in [4.69, 9.17) is 9.47 Å². The van der Waals surface area contributed by atoms with Gasteiger partial charge in [-0.25, -0.2) is 0 Å². The highest BCUT2D eigenvalue weighted by molar-refractivity contribution is 4.74.